The van der Waals surface area contributed by atoms with Gasteiger partial charge < -0.3 is 5.11 Å². The third-order valence-electron chi connectivity index (χ3n) is 1.90. The second-order valence-corrected chi connectivity index (χ2v) is 2.64. The fourth-order valence-electron chi connectivity index (χ4n) is 1.37. The van der Waals surface area contributed by atoms with Crippen molar-refractivity contribution in [3.8, 4) is 0 Å². The summed E-state index contributed by atoms with van der Waals surface area (Å²) in [5, 5.41) is 10.3. The summed E-state index contributed by atoms with van der Waals surface area (Å²) in [6.07, 6.45) is 2.41. The number of aliphatic carboxylic acids is 1. The van der Waals surface area contributed by atoms with Crippen LogP contribution in [0.4, 0.5) is 0 Å². The Bertz CT molecular complexity index is 282. The van der Waals surface area contributed by atoms with Crippen LogP contribution in [0, 0.1) is 0 Å². The standard InChI is InChI=1S/C7H9N3O2/c11-7(12)5-1-3-8-6-2-4-9-10(5)6/h1,9H,2-4H2,(H,11,12). The lowest BCUT2D eigenvalue weighted by molar-refractivity contribution is -0.134. The van der Waals surface area contributed by atoms with Gasteiger partial charge in [0, 0.05) is 13.0 Å². The van der Waals surface area contributed by atoms with Crippen molar-refractivity contribution in [2.45, 2.75) is 6.42 Å². The maximum Gasteiger partial charge on any atom is 0.353 e. The molecule has 0 aromatic carbocycles. The SMILES string of the molecule is O=C(O)C1=CCN=C2CCNN12. The summed E-state index contributed by atoms with van der Waals surface area (Å²) in [6, 6.07) is 0. The average Bonchev–Trinajstić information content (AvgIpc) is 2.49. The van der Waals surface area contributed by atoms with Crippen molar-refractivity contribution in [3.05, 3.63) is 11.8 Å². The molecule has 0 atom stereocenters. The first-order valence-electron chi connectivity index (χ1n) is 3.79. The highest BCUT2D eigenvalue weighted by Gasteiger charge is 2.27. The Labute approximate surface area is 69.4 Å². The summed E-state index contributed by atoms with van der Waals surface area (Å²) in [5.74, 6) is -0.0771. The number of fused-ring (bicyclic) bond motifs is 1. The van der Waals surface area contributed by atoms with Crippen molar-refractivity contribution >= 4 is 11.8 Å². The number of hydrogen-bond donors (Lipinski definition) is 2. The molecule has 1 saturated heterocycles. The molecule has 2 rings (SSSR count). The molecule has 5 heteroatoms. The second kappa shape index (κ2) is 2.60. The van der Waals surface area contributed by atoms with Crippen molar-refractivity contribution in [3.63, 3.8) is 0 Å². The molecule has 64 valence electrons. The minimum Gasteiger partial charge on any atom is -0.477 e. The number of nitrogens with one attached hydrogen (secondary N) is 1. The Balaban J connectivity index is 2.26. The van der Waals surface area contributed by atoms with Gasteiger partial charge in [0.15, 0.2) is 0 Å². The fraction of sp³-hybridized carbons (Fsp3) is 0.429. The van der Waals surface area contributed by atoms with E-state index in [9.17, 15) is 4.79 Å². The van der Waals surface area contributed by atoms with Crippen molar-refractivity contribution < 1.29 is 9.90 Å². The number of aliphatic imine (C=N–C) groups is 1. The van der Waals surface area contributed by atoms with Gasteiger partial charge >= 0.3 is 5.97 Å². The van der Waals surface area contributed by atoms with E-state index in [-0.39, 0.29) is 5.70 Å². The van der Waals surface area contributed by atoms with Crippen LogP contribution in [0.2, 0.25) is 0 Å². The van der Waals surface area contributed by atoms with E-state index in [0.29, 0.717) is 6.54 Å². The molecule has 1 fully saturated rings. The van der Waals surface area contributed by atoms with Crippen molar-refractivity contribution in [1.29, 1.82) is 0 Å². The predicted octanol–water partition coefficient (Wildman–Crippen LogP) is -0.423. The van der Waals surface area contributed by atoms with Gasteiger partial charge in [0.2, 0.25) is 0 Å². The zero-order valence-corrected chi connectivity index (χ0v) is 6.45. The summed E-state index contributed by atoms with van der Waals surface area (Å²) in [7, 11) is 0. The maximum absolute atomic E-state index is 10.7. The third-order valence-corrected chi connectivity index (χ3v) is 1.90. The van der Waals surface area contributed by atoms with E-state index in [4.69, 9.17) is 5.11 Å². The topological polar surface area (TPSA) is 64.9 Å². The van der Waals surface area contributed by atoms with Crippen LogP contribution in [0.1, 0.15) is 6.42 Å². The number of carboxylic acids is 1. The number of hydrazine groups is 1. The average molecular weight is 167 g/mol. The monoisotopic (exact) mass is 167 g/mol. The molecule has 0 aromatic rings. The van der Waals surface area contributed by atoms with E-state index in [0.717, 1.165) is 18.8 Å². The van der Waals surface area contributed by atoms with E-state index in [2.05, 4.69) is 10.4 Å². The largest absolute Gasteiger partial charge is 0.477 e. The molecule has 0 amide bonds. The normalized spacial score (nSPS) is 21.5. The molecule has 0 radical (unpaired) electrons. The first-order chi connectivity index (χ1) is 5.79. The highest BCUT2D eigenvalue weighted by atomic mass is 16.4. The van der Waals surface area contributed by atoms with Crippen LogP contribution in [-0.4, -0.2) is 35.0 Å². The summed E-state index contributed by atoms with van der Waals surface area (Å²) in [4.78, 5) is 14.9. The molecule has 2 N–H and O–H groups in total. The lowest BCUT2D eigenvalue weighted by Crippen LogP contribution is -2.38. The fourth-order valence-corrected chi connectivity index (χ4v) is 1.37. The van der Waals surface area contributed by atoms with Gasteiger partial charge in [-0.25, -0.2) is 10.2 Å². The Morgan fingerprint density at radius 3 is 3.33 bits per heavy atom. The lowest BCUT2D eigenvalue weighted by Gasteiger charge is -2.21. The number of carboxylic acid groups (broad SMARTS) is 1. The highest BCUT2D eigenvalue weighted by Crippen LogP contribution is 2.14. The van der Waals surface area contributed by atoms with E-state index >= 15 is 0 Å². The van der Waals surface area contributed by atoms with Gasteiger partial charge in [-0.1, -0.05) is 0 Å². The quantitative estimate of drug-likeness (QED) is 0.556. The van der Waals surface area contributed by atoms with Gasteiger partial charge in [-0.2, -0.15) is 0 Å². The summed E-state index contributed by atoms with van der Waals surface area (Å²) in [5.41, 5.74) is 3.23. The number of hydrogen-bond acceptors (Lipinski definition) is 4. The van der Waals surface area contributed by atoms with Crippen LogP contribution in [0.25, 0.3) is 0 Å². The number of amidine groups is 1. The summed E-state index contributed by atoms with van der Waals surface area (Å²) in [6.45, 7) is 1.25. The molecule has 0 saturated carbocycles. The number of carbonyl (C=O) groups is 1. The molecule has 2 aliphatic rings. The minimum atomic E-state index is -0.906. The Morgan fingerprint density at radius 2 is 2.58 bits per heavy atom. The van der Waals surface area contributed by atoms with Crippen molar-refractivity contribution in [1.82, 2.24) is 10.4 Å². The molecular formula is C7H9N3O2. The molecular weight excluding hydrogens is 158 g/mol. The maximum atomic E-state index is 10.7. The molecule has 0 spiro atoms. The molecule has 0 aromatic heterocycles. The van der Waals surface area contributed by atoms with Crippen molar-refractivity contribution in [2.24, 2.45) is 4.99 Å². The summed E-state index contributed by atoms with van der Waals surface area (Å²) < 4.78 is 0. The van der Waals surface area contributed by atoms with Gasteiger partial charge in [0.25, 0.3) is 0 Å². The zero-order valence-electron chi connectivity index (χ0n) is 6.45. The second-order valence-electron chi connectivity index (χ2n) is 2.64. The molecule has 2 heterocycles. The molecule has 5 nitrogen and oxygen atoms in total. The lowest BCUT2D eigenvalue weighted by atomic mass is 10.3. The number of nitrogens with zero attached hydrogens (tertiary/aromatic N) is 2. The van der Waals surface area contributed by atoms with Crippen LogP contribution in [0.5, 0.6) is 0 Å². The van der Waals surface area contributed by atoms with E-state index in [1.807, 2.05) is 0 Å². The molecule has 2 aliphatic heterocycles. The van der Waals surface area contributed by atoms with Gasteiger partial charge in [-0.3, -0.25) is 10.0 Å². The Kier molecular flexibility index (Phi) is 1.58. The molecule has 0 unspecified atom stereocenters. The van der Waals surface area contributed by atoms with E-state index in [1.165, 1.54) is 0 Å². The van der Waals surface area contributed by atoms with Gasteiger partial charge in [-0.15, -0.1) is 0 Å². The van der Waals surface area contributed by atoms with Crippen LogP contribution in [0.15, 0.2) is 16.8 Å². The van der Waals surface area contributed by atoms with Crippen LogP contribution in [0.3, 0.4) is 0 Å². The first kappa shape index (κ1) is 7.30. The van der Waals surface area contributed by atoms with Crippen molar-refractivity contribution in [2.75, 3.05) is 13.1 Å². The van der Waals surface area contributed by atoms with Gasteiger partial charge in [0.05, 0.1) is 6.54 Å². The number of rotatable bonds is 1. The van der Waals surface area contributed by atoms with Crippen LogP contribution >= 0.6 is 0 Å². The van der Waals surface area contributed by atoms with Crippen LogP contribution < -0.4 is 5.43 Å². The van der Waals surface area contributed by atoms with Crippen LogP contribution in [-0.2, 0) is 4.79 Å². The molecule has 0 bridgehead atoms. The third kappa shape index (κ3) is 0.984. The predicted molar refractivity (Wildman–Crippen MR) is 42.5 cm³/mol. The smallest absolute Gasteiger partial charge is 0.353 e. The highest BCUT2D eigenvalue weighted by molar-refractivity contribution is 5.96. The Hall–Kier alpha value is -1.36. The minimum absolute atomic E-state index is 0.289. The Morgan fingerprint density at radius 1 is 1.75 bits per heavy atom. The van der Waals surface area contributed by atoms with E-state index < -0.39 is 5.97 Å². The molecule has 0 aliphatic carbocycles. The zero-order chi connectivity index (χ0) is 8.55. The van der Waals surface area contributed by atoms with Gasteiger partial charge in [0.1, 0.15) is 11.5 Å². The first-order valence-corrected chi connectivity index (χ1v) is 3.79. The van der Waals surface area contributed by atoms with E-state index in [1.54, 1.807) is 11.1 Å². The summed E-state index contributed by atoms with van der Waals surface area (Å²) >= 11 is 0. The van der Waals surface area contributed by atoms with Gasteiger partial charge in [-0.05, 0) is 6.08 Å². The molecule has 12 heavy (non-hydrogen) atoms.